The first-order valence-corrected chi connectivity index (χ1v) is 10.5. The molecular formula is C19H28BrNO4. The van der Waals surface area contributed by atoms with E-state index in [9.17, 15) is 9.59 Å². The minimum absolute atomic E-state index is 0.0961. The first-order valence-electron chi connectivity index (χ1n) is 9.67. The zero-order valence-electron chi connectivity index (χ0n) is 14.7. The minimum atomic E-state index is -0.230. The van der Waals surface area contributed by atoms with Crippen LogP contribution >= 0.6 is 15.9 Å². The molecule has 1 amide bonds. The molecule has 0 radical (unpaired) electrons. The number of halogens is 1. The first kappa shape index (κ1) is 17.8. The van der Waals surface area contributed by atoms with Crippen LogP contribution in [-0.4, -0.2) is 42.1 Å². The predicted octanol–water partition coefficient (Wildman–Crippen LogP) is 2.95. The number of carbonyl (C=O) groups is 2. The molecule has 5 nitrogen and oxygen atoms in total. The van der Waals surface area contributed by atoms with Crippen molar-refractivity contribution in [2.75, 3.05) is 19.8 Å². The second kappa shape index (κ2) is 6.84. The van der Waals surface area contributed by atoms with Gasteiger partial charge in [0, 0.05) is 17.5 Å². The van der Waals surface area contributed by atoms with Crippen LogP contribution in [-0.2, 0) is 19.1 Å². The second-order valence-electron chi connectivity index (χ2n) is 8.89. The molecule has 0 spiro atoms. The van der Waals surface area contributed by atoms with Crippen molar-refractivity contribution in [3.05, 3.63) is 0 Å². The molecule has 4 bridgehead atoms. The molecule has 5 rings (SSSR count). The highest BCUT2D eigenvalue weighted by atomic mass is 79.9. The summed E-state index contributed by atoms with van der Waals surface area (Å²) < 4.78 is 11.0. The number of ether oxygens (including phenoxy) is 2. The molecule has 4 saturated carbocycles. The lowest BCUT2D eigenvalue weighted by Crippen LogP contribution is -2.53. The molecule has 1 heterocycles. The van der Waals surface area contributed by atoms with Crippen molar-refractivity contribution in [3.63, 3.8) is 0 Å². The van der Waals surface area contributed by atoms with Crippen LogP contribution in [0.15, 0.2) is 0 Å². The number of rotatable bonds is 6. The van der Waals surface area contributed by atoms with Crippen LogP contribution in [0.25, 0.3) is 0 Å². The van der Waals surface area contributed by atoms with Gasteiger partial charge in [-0.25, -0.2) is 0 Å². The monoisotopic (exact) mass is 413 g/mol. The minimum Gasteiger partial charge on any atom is -0.456 e. The molecule has 5 fully saturated rings. The summed E-state index contributed by atoms with van der Waals surface area (Å²) in [6.45, 7) is 1.11. The van der Waals surface area contributed by atoms with Crippen LogP contribution in [0.1, 0.15) is 57.8 Å². The van der Waals surface area contributed by atoms with Crippen LogP contribution in [0.5, 0.6) is 0 Å². The summed E-state index contributed by atoms with van der Waals surface area (Å²) in [6, 6.07) is 0. The highest BCUT2D eigenvalue weighted by Gasteiger charge is 2.57. The molecule has 140 valence electrons. The van der Waals surface area contributed by atoms with Gasteiger partial charge in [0.25, 0.3) is 5.91 Å². The lowest BCUT2D eigenvalue weighted by Gasteiger charge is -2.60. The second-order valence-corrected chi connectivity index (χ2v) is 10.6. The average Bonchev–Trinajstić information content (AvgIpc) is 3.01. The van der Waals surface area contributed by atoms with E-state index >= 15 is 0 Å². The van der Waals surface area contributed by atoms with Crippen molar-refractivity contribution in [1.82, 2.24) is 5.32 Å². The van der Waals surface area contributed by atoms with Gasteiger partial charge in [0.2, 0.25) is 0 Å². The molecule has 1 aliphatic heterocycles. The summed E-state index contributed by atoms with van der Waals surface area (Å²) in [7, 11) is 0. The fraction of sp³-hybridized carbons (Fsp3) is 0.895. The number of hydrogen-bond acceptors (Lipinski definition) is 4. The lowest BCUT2D eigenvalue weighted by atomic mass is 9.49. The van der Waals surface area contributed by atoms with Crippen LogP contribution < -0.4 is 5.32 Å². The van der Waals surface area contributed by atoms with Gasteiger partial charge in [0.15, 0.2) is 6.61 Å². The van der Waals surface area contributed by atoms with E-state index in [4.69, 9.17) is 9.47 Å². The summed E-state index contributed by atoms with van der Waals surface area (Å²) in [5.74, 6) is 1.06. The van der Waals surface area contributed by atoms with Crippen molar-refractivity contribution < 1.29 is 19.1 Å². The number of carbonyl (C=O) groups excluding carboxylic acids is 2. The average molecular weight is 414 g/mol. The van der Waals surface area contributed by atoms with Crippen LogP contribution in [0.4, 0.5) is 0 Å². The van der Waals surface area contributed by atoms with Gasteiger partial charge in [-0.15, -0.1) is 0 Å². The SMILES string of the molecule is O=C(COC(=O)CC12C[C@@H]3C[C@H](CC(Br)(C3)C1)C2)NC[C@H]1CCCO1. The zero-order valence-corrected chi connectivity index (χ0v) is 16.3. The molecule has 1 saturated heterocycles. The van der Waals surface area contributed by atoms with Crippen LogP contribution in [0.2, 0.25) is 0 Å². The van der Waals surface area contributed by atoms with Crippen molar-refractivity contribution in [3.8, 4) is 0 Å². The Hall–Kier alpha value is -0.620. The predicted molar refractivity (Wildman–Crippen MR) is 96.3 cm³/mol. The Morgan fingerprint density at radius 3 is 2.60 bits per heavy atom. The van der Waals surface area contributed by atoms with Crippen molar-refractivity contribution in [1.29, 1.82) is 0 Å². The van der Waals surface area contributed by atoms with E-state index in [0.717, 1.165) is 50.5 Å². The van der Waals surface area contributed by atoms with E-state index in [1.807, 2.05) is 0 Å². The lowest BCUT2D eigenvalue weighted by molar-refractivity contribution is -0.154. The Morgan fingerprint density at radius 1 is 1.20 bits per heavy atom. The maximum Gasteiger partial charge on any atom is 0.306 e. The Labute approximate surface area is 157 Å². The molecule has 3 atom stereocenters. The fourth-order valence-corrected chi connectivity index (χ4v) is 7.64. The molecule has 0 aromatic carbocycles. The molecule has 0 unspecified atom stereocenters. The van der Waals surface area contributed by atoms with E-state index in [1.54, 1.807) is 0 Å². The van der Waals surface area contributed by atoms with E-state index in [1.165, 1.54) is 19.3 Å². The first-order chi connectivity index (χ1) is 11.9. The Kier molecular flexibility index (Phi) is 4.86. The number of hydrogen-bond donors (Lipinski definition) is 1. The standard InChI is InChI=1S/C19H28BrNO4/c20-19-7-13-4-14(8-19)6-18(5-13,12-19)9-17(23)25-11-16(22)21-10-15-2-1-3-24-15/h13-15H,1-12H2,(H,21,22)/t13-,14-,15+,18?,19?/m0/s1. The van der Waals surface area contributed by atoms with Gasteiger partial charge in [-0.2, -0.15) is 0 Å². The van der Waals surface area contributed by atoms with Gasteiger partial charge in [-0.3, -0.25) is 9.59 Å². The van der Waals surface area contributed by atoms with Gasteiger partial charge in [-0.05, 0) is 68.6 Å². The molecular weight excluding hydrogens is 386 g/mol. The largest absolute Gasteiger partial charge is 0.456 e. The Morgan fingerprint density at radius 2 is 1.96 bits per heavy atom. The van der Waals surface area contributed by atoms with Gasteiger partial charge in [0.05, 0.1) is 12.5 Å². The Bertz CT molecular complexity index is 532. The van der Waals surface area contributed by atoms with E-state index in [2.05, 4.69) is 21.2 Å². The quantitative estimate of drug-likeness (QED) is 0.536. The zero-order chi connectivity index (χ0) is 17.5. The molecule has 6 heteroatoms. The number of amides is 1. The van der Waals surface area contributed by atoms with Crippen LogP contribution in [0, 0.1) is 17.3 Å². The van der Waals surface area contributed by atoms with Crippen LogP contribution in [0.3, 0.4) is 0 Å². The summed E-state index contributed by atoms with van der Waals surface area (Å²) in [5.41, 5.74) is 0.0961. The number of alkyl halides is 1. The third kappa shape index (κ3) is 4.05. The third-order valence-corrected chi connectivity index (χ3v) is 7.47. The van der Waals surface area contributed by atoms with Gasteiger partial charge >= 0.3 is 5.97 Å². The van der Waals surface area contributed by atoms with Crippen molar-refractivity contribution >= 4 is 27.8 Å². The highest BCUT2D eigenvalue weighted by Crippen LogP contribution is 2.65. The molecule has 25 heavy (non-hydrogen) atoms. The Balaban J connectivity index is 1.23. The number of nitrogens with one attached hydrogen (secondary N) is 1. The molecule has 4 aliphatic carbocycles. The van der Waals surface area contributed by atoms with E-state index in [-0.39, 0.29) is 34.3 Å². The fourth-order valence-electron chi connectivity index (χ4n) is 6.13. The summed E-state index contributed by atoms with van der Waals surface area (Å²) >= 11 is 3.97. The number of esters is 1. The highest BCUT2D eigenvalue weighted by molar-refractivity contribution is 9.10. The third-order valence-electron chi connectivity index (χ3n) is 6.55. The smallest absolute Gasteiger partial charge is 0.306 e. The maximum atomic E-state index is 12.4. The summed E-state index contributed by atoms with van der Waals surface area (Å²) in [6.07, 6.45) is 9.83. The topological polar surface area (TPSA) is 64.6 Å². The molecule has 1 N–H and O–H groups in total. The maximum absolute atomic E-state index is 12.4. The van der Waals surface area contributed by atoms with Gasteiger partial charge in [0.1, 0.15) is 0 Å². The normalized spacial score (nSPS) is 41.7. The molecule has 0 aromatic heterocycles. The van der Waals surface area contributed by atoms with E-state index in [0.29, 0.717) is 13.0 Å². The van der Waals surface area contributed by atoms with Crippen molar-refractivity contribution in [2.24, 2.45) is 17.3 Å². The van der Waals surface area contributed by atoms with Crippen molar-refractivity contribution in [2.45, 2.75) is 68.2 Å². The summed E-state index contributed by atoms with van der Waals surface area (Å²) in [4.78, 5) is 24.2. The van der Waals surface area contributed by atoms with E-state index < -0.39 is 0 Å². The molecule has 0 aromatic rings. The van der Waals surface area contributed by atoms with Gasteiger partial charge < -0.3 is 14.8 Å². The summed E-state index contributed by atoms with van der Waals surface area (Å²) in [5, 5.41) is 2.80. The molecule has 5 aliphatic rings. The van der Waals surface area contributed by atoms with Gasteiger partial charge in [-0.1, -0.05) is 15.9 Å².